The first-order valence-corrected chi connectivity index (χ1v) is 11.9. The Kier molecular flexibility index (Phi) is 6.94. The Morgan fingerprint density at radius 2 is 2.06 bits per heavy atom. The molecule has 0 radical (unpaired) electrons. The molecule has 0 bridgehead atoms. The van der Waals surface area contributed by atoms with Crippen LogP contribution in [0.3, 0.4) is 0 Å². The number of alkyl halides is 1. The average molecular weight is 465 g/mol. The lowest BCUT2D eigenvalue weighted by molar-refractivity contribution is -0.131. The quantitative estimate of drug-likeness (QED) is 0.339. The van der Waals surface area contributed by atoms with E-state index in [0.29, 0.717) is 17.8 Å². The third kappa shape index (κ3) is 4.80. The Labute approximate surface area is 186 Å². The van der Waals surface area contributed by atoms with Crippen LogP contribution in [0.2, 0.25) is 0 Å². The summed E-state index contributed by atoms with van der Waals surface area (Å²) < 4.78 is 35.9. The van der Waals surface area contributed by atoms with Crippen LogP contribution in [0, 0.1) is 29.6 Å². The van der Waals surface area contributed by atoms with Crippen LogP contribution in [0.4, 0.5) is 9.18 Å². The Balaban J connectivity index is 1.58. The molecule has 1 aromatic heterocycles. The van der Waals surface area contributed by atoms with Crippen molar-refractivity contribution in [3.63, 3.8) is 0 Å². The summed E-state index contributed by atoms with van der Waals surface area (Å²) in [5.41, 5.74) is 2.72. The molecule has 1 aromatic rings. The van der Waals surface area contributed by atoms with Crippen molar-refractivity contribution in [2.24, 2.45) is 5.92 Å². The van der Waals surface area contributed by atoms with Gasteiger partial charge in [-0.3, -0.25) is 19.5 Å². The van der Waals surface area contributed by atoms with Gasteiger partial charge in [-0.2, -0.15) is 0 Å². The minimum atomic E-state index is -3.84. The predicted octanol–water partition coefficient (Wildman–Crippen LogP) is 0.227. The number of carbonyl (C=O) groups is 2. The molecular formula is C21H25FN4O5S. The number of aromatic nitrogens is 1. The Morgan fingerprint density at radius 1 is 1.34 bits per heavy atom. The second kappa shape index (κ2) is 9.33. The van der Waals surface area contributed by atoms with Crippen LogP contribution in [0.1, 0.15) is 24.6 Å². The van der Waals surface area contributed by atoms with Gasteiger partial charge in [0.1, 0.15) is 6.67 Å². The fourth-order valence-corrected chi connectivity index (χ4v) is 4.45. The maximum Gasteiger partial charge on any atom is 0.328 e. The van der Waals surface area contributed by atoms with Crippen LogP contribution in [0.5, 0.6) is 0 Å². The molecule has 2 amide bonds. The summed E-state index contributed by atoms with van der Waals surface area (Å²) in [6.45, 7) is 3.07. The summed E-state index contributed by atoms with van der Waals surface area (Å²) in [6, 6.07) is 1.41. The van der Waals surface area contributed by atoms with Gasteiger partial charge in [0.15, 0.2) is 14.6 Å². The van der Waals surface area contributed by atoms with E-state index in [1.807, 2.05) is 4.90 Å². The number of nitrogens with zero attached hydrogens (tertiary/aromatic N) is 3. The normalized spacial score (nSPS) is 18.0. The summed E-state index contributed by atoms with van der Waals surface area (Å²) in [5.74, 6) is 10.7. The van der Waals surface area contributed by atoms with E-state index in [0.717, 1.165) is 19.3 Å². The number of carbonyl (C=O) groups excluding carboxylic acids is 2. The van der Waals surface area contributed by atoms with Crippen molar-refractivity contribution in [2.75, 3.05) is 39.1 Å². The first kappa shape index (κ1) is 23.8. The van der Waals surface area contributed by atoms with E-state index >= 15 is 0 Å². The van der Waals surface area contributed by atoms with Crippen LogP contribution in [0.15, 0.2) is 12.3 Å². The molecule has 2 aliphatic heterocycles. The van der Waals surface area contributed by atoms with Crippen LogP contribution in [-0.2, 0) is 21.2 Å². The summed E-state index contributed by atoms with van der Waals surface area (Å²) in [6.07, 6.45) is 2.34. The van der Waals surface area contributed by atoms with Gasteiger partial charge in [-0.05, 0) is 31.3 Å². The number of fused-ring (bicyclic) bond motifs is 1. The van der Waals surface area contributed by atoms with Crippen LogP contribution in [-0.4, -0.2) is 83.8 Å². The Morgan fingerprint density at radius 3 is 2.66 bits per heavy atom. The largest absolute Gasteiger partial charge is 0.328 e. The molecule has 3 heterocycles. The molecule has 172 valence electrons. The Bertz CT molecular complexity index is 1130. The Hall–Kier alpha value is -2.86. The van der Waals surface area contributed by atoms with Crippen molar-refractivity contribution in [2.45, 2.75) is 24.6 Å². The SMILES string of the molecule is C[C@@](CCN1Cc2cc(C#CC#CC3CN(CCF)C3)cn2C1=O)(C(=O)NO)S(C)(=O)=O. The van der Waals surface area contributed by atoms with Gasteiger partial charge in [0.25, 0.3) is 5.91 Å². The summed E-state index contributed by atoms with van der Waals surface area (Å²) in [5, 5.41) is 8.90. The molecule has 2 aliphatic rings. The fraction of sp³-hybridized carbons (Fsp3) is 0.524. The van der Waals surface area contributed by atoms with E-state index in [1.165, 1.54) is 21.9 Å². The third-order valence-electron chi connectivity index (χ3n) is 5.89. The van der Waals surface area contributed by atoms with Crippen LogP contribution in [0.25, 0.3) is 0 Å². The smallest absolute Gasteiger partial charge is 0.318 e. The van der Waals surface area contributed by atoms with E-state index in [-0.39, 0.29) is 38.1 Å². The van der Waals surface area contributed by atoms with Crippen molar-refractivity contribution < 1.29 is 27.6 Å². The second-order valence-corrected chi connectivity index (χ2v) is 10.6. The highest BCUT2D eigenvalue weighted by Gasteiger charge is 2.44. The number of hydroxylamine groups is 1. The molecule has 0 aliphatic carbocycles. The summed E-state index contributed by atoms with van der Waals surface area (Å²) >= 11 is 0. The van der Waals surface area contributed by atoms with Crippen molar-refractivity contribution in [1.82, 2.24) is 19.8 Å². The van der Waals surface area contributed by atoms with Gasteiger partial charge in [0.2, 0.25) is 0 Å². The van der Waals surface area contributed by atoms with E-state index in [2.05, 4.69) is 23.7 Å². The highest BCUT2D eigenvalue weighted by Crippen LogP contribution is 2.25. The molecule has 1 atom stereocenters. The number of hydrogen-bond acceptors (Lipinski definition) is 6. The number of likely N-dealkylation sites (tertiary alicyclic amines) is 1. The highest BCUT2D eigenvalue weighted by molar-refractivity contribution is 7.92. The van der Waals surface area contributed by atoms with E-state index in [4.69, 9.17) is 5.21 Å². The van der Waals surface area contributed by atoms with Crippen LogP contribution >= 0.6 is 0 Å². The van der Waals surface area contributed by atoms with Gasteiger partial charge in [-0.25, -0.2) is 23.1 Å². The van der Waals surface area contributed by atoms with Crippen molar-refractivity contribution >= 4 is 21.8 Å². The third-order valence-corrected chi connectivity index (χ3v) is 7.92. The molecule has 0 aromatic carbocycles. The first-order chi connectivity index (χ1) is 15.1. The summed E-state index contributed by atoms with van der Waals surface area (Å²) in [4.78, 5) is 28.0. The van der Waals surface area contributed by atoms with Gasteiger partial charge in [0, 0.05) is 55.8 Å². The molecule has 1 fully saturated rings. The van der Waals surface area contributed by atoms with Crippen molar-refractivity contribution in [3.05, 3.63) is 23.5 Å². The van der Waals surface area contributed by atoms with Crippen LogP contribution < -0.4 is 5.48 Å². The van der Waals surface area contributed by atoms with Crippen molar-refractivity contribution in [1.29, 1.82) is 0 Å². The molecular weight excluding hydrogens is 439 g/mol. The molecule has 3 rings (SSSR count). The zero-order valence-electron chi connectivity index (χ0n) is 17.9. The monoisotopic (exact) mass is 464 g/mol. The number of amides is 2. The average Bonchev–Trinajstić information content (AvgIpc) is 3.24. The zero-order valence-corrected chi connectivity index (χ0v) is 18.7. The van der Waals surface area contributed by atoms with E-state index in [1.54, 1.807) is 12.3 Å². The van der Waals surface area contributed by atoms with Gasteiger partial charge >= 0.3 is 6.03 Å². The second-order valence-electron chi connectivity index (χ2n) is 8.15. The van der Waals surface area contributed by atoms with Gasteiger partial charge < -0.3 is 4.90 Å². The van der Waals surface area contributed by atoms with E-state index in [9.17, 15) is 22.4 Å². The number of rotatable bonds is 7. The molecule has 0 unspecified atom stereocenters. The molecule has 32 heavy (non-hydrogen) atoms. The highest BCUT2D eigenvalue weighted by atomic mass is 32.2. The molecule has 2 N–H and O–H groups in total. The predicted molar refractivity (Wildman–Crippen MR) is 114 cm³/mol. The number of nitrogens with one attached hydrogen (secondary N) is 1. The number of hydrogen-bond donors (Lipinski definition) is 2. The number of halogens is 1. The minimum absolute atomic E-state index is 0.0187. The molecule has 0 spiro atoms. The van der Waals surface area contributed by atoms with Gasteiger partial charge in [-0.1, -0.05) is 11.8 Å². The molecule has 1 saturated heterocycles. The summed E-state index contributed by atoms with van der Waals surface area (Å²) in [7, 11) is -3.84. The maximum atomic E-state index is 12.6. The lowest BCUT2D eigenvalue weighted by Gasteiger charge is -2.35. The fourth-order valence-electron chi connectivity index (χ4n) is 3.61. The molecule has 9 nitrogen and oxygen atoms in total. The lowest BCUT2D eigenvalue weighted by atomic mass is 10.0. The topological polar surface area (TPSA) is 112 Å². The number of sulfone groups is 1. The standard InChI is InChI=1S/C21H25FN4O5S/c1-21(19(27)23-29,32(2,30)31)7-9-25-15-18-11-16(14-26(18)20(25)28)5-3-4-6-17-12-24(13-17)10-8-22/h11,14,17,29H,7-10,12-13,15H2,1-2H3,(H,23,27)/t21-/m1/s1. The first-order valence-electron chi connectivity index (χ1n) is 10.0. The van der Waals surface area contributed by atoms with Crippen molar-refractivity contribution in [3.8, 4) is 23.7 Å². The zero-order chi connectivity index (χ0) is 23.5. The minimum Gasteiger partial charge on any atom is -0.318 e. The van der Waals surface area contributed by atoms with Gasteiger partial charge in [-0.15, -0.1) is 0 Å². The van der Waals surface area contributed by atoms with E-state index < -0.39 is 20.5 Å². The molecule has 0 saturated carbocycles. The molecule has 11 heteroatoms. The van der Waals surface area contributed by atoms with Gasteiger partial charge in [0.05, 0.1) is 6.54 Å². The maximum absolute atomic E-state index is 12.6. The lowest BCUT2D eigenvalue weighted by Crippen LogP contribution is -2.50.